The minimum atomic E-state index is -0.752. The van der Waals surface area contributed by atoms with Gasteiger partial charge in [0.15, 0.2) is 0 Å². The first kappa shape index (κ1) is 13.1. The van der Waals surface area contributed by atoms with E-state index in [9.17, 15) is 8.78 Å². The van der Waals surface area contributed by atoms with Crippen molar-refractivity contribution in [1.82, 2.24) is 0 Å². The molecule has 0 N–H and O–H groups in total. The Balaban J connectivity index is 2.49. The van der Waals surface area contributed by atoms with Gasteiger partial charge in [0.2, 0.25) is 0 Å². The average Bonchev–Trinajstić information content (AvgIpc) is 2.62. The molecule has 0 aliphatic heterocycles. The van der Waals surface area contributed by atoms with Gasteiger partial charge in [-0.3, -0.25) is 0 Å². The van der Waals surface area contributed by atoms with Crippen LogP contribution in [0.15, 0.2) is 22.6 Å². The highest BCUT2D eigenvalue weighted by Gasteiger charge is 2.21. The fourth-order valence-electron chi connectivity index (χ4n) is 1.93. The van der Waals surface area contributed by atoms with Crippen molar-refractivity contribution in [2.75, 3.05) is 0 Å². The minimum Gasteiger partial charge on any atom is -0.466 e. The quantitative estimate of drug-likeness (QED) is 0.714. The van der Waals surface area contributed by atoms with E-state index in [1.165, 1.54) is 6.92 Å². The summed E-state index contributed by atoms with van der Waals surface area (Å²) in [5, 5.41) is -0.752. The summed E-state index contributed by atoms with van der Waals surface area (Å²) >= 11 is 6.21. The molecular weight excluding hydrogens is 258 g/mol. The lowest BCUT2D eigenvalue weighted by Crippen LogP contribution is -2.00. The maximum absolute atomic E-state index is 13.8. The summed E-state index contributed by atoms with van der Waals surface area (Å²) < 4.78 is 32.7. The van der Waals surface area contributed by atoms with E-state index in [4.69, 9.17) is 16.0 Å². The first-order valence-corrected chi connectivity index (χ1v) is 6.00. The van der Waals surface area contributed by atoms with Crippen molar-refractivity contribution >= 4 is 11.6 Å². The van der Waals surface area contributed by atoms with Gasteiger partial charge in [0.1, 0.15) is 23.2 Å². The third-order valence-electron chi connectivity index (χ3n) is 2.90. The van der Waals surface area contributed by atoms with Crippen LogP contribution in [0.4, 0.5) is 8.78 Å². The SMILES string of the molecule is Cc1cc(C(Cl)c2cc(F)c(C)cc2F)c(C)o1. The molecule has 0 radical (unpaired) electrons. The number of rotatable bonds is 2. The van der Waals surface area contributed by atoms with Crippen LogP contribution in [0.2, 0.25) is 0 Å². The lowest BCUT2D eigenvalue weighted by atomic mass is 10.0. The zero-order valence-corrected chi connectivity index (χ0v) is 11.1. The van der Waals surface area contributed by atoms with Crippen LogP contribution >= 0.6 is 11.6 Å². The maximum atomic E-state index is 13.8. The summed E-state index contributed by atoms with van der Waals surface area (Å²) in [5.41, 5.74) is 1.06. The van der Waals surface area contributed by atoms with E-state index in [0.717, 1.165) is 12.1 Å². The van der Waals surface area contributed by atoms with Crippen molar-refractivity contribution < 1.29 is 13.2 Å². The molecule has 96 valence electrons. The molecule has 18 heavy (non-hydrogen) atoms. The number of hydrogen-bond acceptors (Lipinski definition) is 1. The van der Waals surface area contributed by atoms with Crippen LogP contribution in [0.25, 0.3) is 0 Å². The number of hydrogen-bond donors (Lipinski definition) is 0. The molecule has 2 aromatic rings. The van der Waals surface area contributed by atoms with Gasteiger partial charge in [-0.1, -0.05) is 0 Å². The van der Waals surface area contributed by atoms with Gasteiger partial charge >= 0.3 is 0 Å². The average molecular weight is 271 g/mol. The van der Waals surface area contributed by atoms with Gasteiger partial charge in [-0.05, 0) is 44.5 Å². The number of aryl methyl sites for hydroxylation is 3. The molecule has 0 saturated carbocycles. The Labute approximate surface area is 109 Å². The summed E-state index contributed by atoms with van der Waals surface area (Å²) in [6.07, 6.45) is 0. The van der Waals surface area contributed by atoms with Crippen molar-refractivity contribution in [1.29, 1.82) is 0 Å². The Morgan fingerprint density at radius 1 is 1.00 bits per heavy atom. The highest BCUT2D eigenvalue weighted by atomic mass is 35.5. The van der Waals surface area contributed by atoms with Crippen LogP contribution in [0.3, 0.4) is 0 Å². The van der Waals surface area contributed by atoms with E-state index in [0.29, 0.717) is 17.1 Å². The molecule has 0 aliphatic carbocycles. The molecule has 1 aromatic carbocycles. The van der Waals surface area contributed by atoms with E-state index in [-0.39, 0.29) is 11.1 Å². The number of furan rings is 1. The molecule has 0 amide bonds. The topological polar surface area (TPSA) is 13.1 Å². The first-order valence-electron chi connectivity index (χ1n) is 5.56. The number of alkyl halides is 1. The second-order valence-corrected chi connectivity index (χ2v) is 4.79. The summed E-state index contributed by atoms with van der Waals surface area (Å²) in [7, 11) is 0. The predicted molar refractivity (Wildman–Crippen MR) is 67.0 cm³/mol. The highest BCUT2D eigenvalue weighted by Crippen LogP contribution is 2.34. The zero-order chi connectivity index (χ0) is 13.4. The van der Waals surface area contributed by atoms with Gasteiger partial charge in [0, 0.05) is 11.1 Å². The third-order valence-corrected chi connectivity index (χ3v) is 3.37. The van der Waals surface area contributed by atoms with E-state index in [1.807, 2.05) is 0 Å². The lowest BCUT2D eigenvalue weighted by Gasteiger charge is -2.11. The summed E-state index contributed by atoms with van der Waals surface area (Å²) in [6, 6.07) is 4.04. The van der Waals surface area contributed by atoms with Gasteiger partial charge in [-0.15, -0.1) is 11.6 Å². The molecule has 1 nitrogen and oxygen atoms in total. The monoisotopic (exact) mass is 270 g/mol. The standard InChI is InChI=1S/C14H13ClF2O/c1-7-4-13(17)11(6-12(7)16)14(15)10-5-8(2)18-9(10)3/h4-6,14H,1-3H3. The molecule has 1 aromatic heterocycles. The van der Waals surface area contributed by atoms with E-state index in [2.05, 4.69) is 0 Å². The van der Waals surface area contributed by atoms with Crippen LogP contribution in [-0.2, 0) is 0 Å². The van der Waals surface area contributed by atoms with Crippen LogP contribution in [0.1, 0.15) is 33.6 Å². The fraction of sp³-hybridized carbons (Fsp3) is 0.286. The smallest absolute Gasteiger partial charge is 0.128 e. The molecule has 0 aliphatic rings. The molecule has 0 fully saturated rings. The van der Waals surface area contributed by atoms with E-state index < -0.39 is 17.0 Å². The van der Waals surface area contributed by atoms with Gasteiger partial charge in [0.25, 0.3) is 0 Å². The lowest BCUT2D eigenvalue weighted by molar-refractivity contribution is 0.501. The van der Waals surface area contributed by atoms with Crippen molar-refractivity contribution in [3.8, 4) is 0 Å². The maximum Gasteiger partial charge on any atom is 0.128 e. The predicted octanol–water partition coefficient (Wildman–Crippen LogP) is 4.81. The second kappa shape index (κ2) is 4.73. The van der Waals surface area contributed by atoms with Crippen molar-refractivity contribution in [2.45, 2.75) is 26.1 Å². The van der Waals surface area contributed by atoms with Crippen molar-refractivity contribution in [3.63, 3.8) is 0 Å². The largest absolute Gasteiger partial charge is 0.466 e. The van der Waals surface area contributed by atoms with Crippen molar-refractivity contribution in [3.05, 3.63) is 58.0 Å². The van der Waals surface area contributed by atoms with Crippen LogP contribution < -0.4 is 0 Å². The van der Waals surface area contributed by atoms with Crippen LogP contribution in [0.5, 0.6) is 0 Å². The Kier molecular flexibility index (Phi) is 3.44. The van der Waals surface area contributed by atoms with Gasteiger partial charge in [-0.2, -0.15) is 0 Å². The van der Waals surface area contributed by atoms with Gasteiger partial charge in [0.05, 0.1) is 5.38 Å². The van der Waals surface area contributed by atoms with Crippen LogP contribution in [-0.4, -0.2) is 0 Å². The summed E-state index contributed by atoms with van der Waals surface area (Å²) in [4.78, 5) is 0. The molecule has 4 heteroatoms. The van der Waals surface area contributed by atoms with E-state index in [1.54, 1.807) is 19.9 Å². The molecule has 1 heterocycles. The highest BCUT2D eigenvalue weighted by molar-refractivity contribution is 6.22. The van der Waals surface area contributed by atoms with Crippen LogP contribution in [0, 0.1) is 32.4 Å². The molecule has 1 unspecified atom stereocenters. The fourth-order valence-corrected chi connectivity index (χ4v) is 2.31. The third kappa shape index (κ3) is 2.27. The Hall–Kier alpha value is -1.35. The van der Waals surface area contributed by atoms with Crippen molar-refractivity contribution in [2.24, 2.45) is 0 Å². The van der Waals surface area contributed by atoms with Gasteiger partial charge < -0.3 is 4.42 Å². The molecule has 0 saturated heterocycles. The first-order chi connectivity index (χ1) is 8.40. The number of halogens is 3. The zero-order valence-electron chi connectivity index (χ0n) is 10.4. The minimum absolute atomic E-state index is 0.128. The molecule has 0 bridgehead atoms. The Morgan fingerprint density at radius 3 is 2.22 bits per heavy atom. The number of benzene rings is 1. The van der Waals surface area contributed by atoms with E-state index >= 15 is 0 Å². The Bertz CT molecular complexity index is 590. The molecule has 1 atom stereocenters. The summed E-state index contributed by atoms with van der Waals surface area (Å²) in [6.45, 7) is 5.05. The molecular formula is C14H13ClF2O. The normalized spacial score (nSPS) is 12.8. The second-order valence-electron chi connectivity index (χ2n) is 4.35. The molecule has 0 spiro atoms. The Morgan fingerprint density at radius 2 is 1.67 bits per heavy atom. The van der Waals surface area contributed by atoms with Gasteiger partial charge in [-0.25, -0.2) is 8.78 Å². The molecule has 2 rings (SSSR count). The summed E-state index contributed by atoms with van der Waals surface area (Å²) in [5.74, 6) is 0.344.